The lowest BCUT2D eigenvalue weighted by Crippen LogP contribution is -2.44. The van der Waals surface area contributed by atoms with Crippen LogP contribution >= 0.6 is 0 Å². The fraction of sp³-hybridized carbons (Fsp3) is 0.281. The minimum Gasteiger partial charge on any atom is -0.495 e. The third kappa shape index (κ3) is 6.97. The summed E-state index contributed by atoms with van der Waals surface area (Å²) in [7, 11) is 3.72. The van der Waals surface area contributed by atoms with Crippen LogP contribution in [0.1, 0.15) is 11.1 Å². The molecule has 0 aliphatic carbocycles. The van der Waals surface area contributed by atoms with Gasteiger partial charge in [0.1, 0.15) is 23.1 Å². The molecule has 4 aromatic rings. The highest BCUT2D eigenvalue weighted by molar-refractivity contribution is 5.98. The number of hydrogen-bond donors (Lipinski definition) is 1. The van der Waals surface area contributed by atoms with Gasteiger partial charge < -0.3 is 29.3 Å². The van der Waals surface area contributed by atoms with Crippen LogP contribution in [0.2, 0.25) is 0 Å². The van der Waals surface area contributed by atoms with Gasteiger partial charge in [-0.1, -0.05) is 30.3 Å². The van der Waals surface area contributed by atoms with E-state index < -0.39 is 12.7 Å². The predicted octanol–water partition coefficient (Wildman–Crippen LogP) is 6.54. The van der Waals surface area contributed by atoms with Crippen molar-refractivity contribution in [2.45, 2.75) is 20.5 Å². The summed E-state index contributed by atoms with van der Waals surface area (Å²) in [5, 5.41) is 3.16. The molecular formula is C32H34F2N6O4. The molecule has 0 saturated carbocycles. The number of aromatic nitrogens is 2. The second kappa shape index (κ2) is 13.6. The van der Waals surface area contributed by atoms with Crippen LogP contribution in [0.3, 0.4) is 0 Å². The summed E-state index contributed by atoms with van der Waals surface area (Å²) in [4.78, 5) is 28.3. The second-order valence-corrected chi connectivity index (χ2v) is 10.3. The number of para-hydroxylation sites is 3. The summed E-state index contributed by atoms with van der Waals surface area (Å²) >= 11 is 0. The first-order valence-electron chi connectivity index (χ1n) is 14.1. The number of amides is 1. The summed E-state index contributed by atoms with van der Waals surface area (Å²) < 4.78 is 42.9. The summed E-state index contributed by atoms with van der Waals surface area (Å²) in [6, 6.07) is 18.6. The van der Waals surface area contributed by atoms with E-state index in [4.69, 9.17) is 14.2 Å². The van der Waals surface area contributed by atoms with Crippen molar-refractivity contribution >= 4 is 34.9 Å². The predicted molar refractivity (Wildman–Crippen MR) is 165 cm³/mol. The Hall–Kier alpha value is -4.97. The number of methoxy groups -OCH3 is 1. The van der Waals surface area contributed by atoms with Crippen LogP contribution < -0.4 is 29.3 Å². The van der Waals surface area contributed by atoms with Crippen molar-refractivity contribution in [3.63, 3.8) is 0 Å². The van der Waals surface area contributed by atoms with Gasteiger partial charge in [0, 0.05) is 50.2 Å². The van der Waals surface area contributed by atoms with E-state index in [0.29, 0.717) is 17.2 Å². The van der Waals surface area contributed by atoms with E-state index >= 15 is 0 Å². The van der Waals surface area contributed by atoms with Crippen LogP contribution in [0.25, 0.3) is 0 Å². The first-order valence-corrected chi connectivity index (χ1v) is 14.1. The molecule has 44 heavy (non-hydrogen) atoms. The number of benzene rings is 3. The Morgan fingerprint density at radius 1 is 0.955 bits per heavy atom. The highest BCUT2D eigenvalue weighted by atomic mass is 19.3. The maximum Gasteiger partial charge on any atom is 0.425 e. The molecule has 1 fully saturated rings. The Morgan fingerprint density at radius 2 is 1.68 bits per heavy atom. The average Bonchev–Trinajstić information content (AvgIpc) is 3.00. The second-order valence-electron chi connectivity index (χ2n) is 10.3. The number of aryl methyl sites for hydroxylation is 2. The summed E-state index contributed by atoms with van der Waals surface area (Å²) in [6.45, 7) is 4.19. The molecule has 12 heteroatoms. The summed E-state index contributed by atoms with van der Waals surface area (Å²) in [6.07, 6.45) is 0.590. The molecule has 3 aromatic carbocycles. The lowest BCUT2D eigenvalue weighted by Gasteiger charge is -2.34. The van der Waals surface area contributed by atoms with Gasteiger partial charge in [-0.15, -0.1) is 0 Å². The van der Waals surface area contributed by atoms with Crippen LogP contribution in [0.4, 0.5) is 42.4 Å². The topological polar surface area (TPSA) is 92.3 Å². The van der Waals surface area contributed by atoms with Crippen molar-refractivity contribution in [1.29, 1.82) is 0 Å². The lowest BCUT2D eigenvalue weighted by molar-refractivity contribution is -0.0494. The van der Waals surface area contributed by atoms with E-state index in [1.807, 2.05) is 50.2 Å². The van der Waals surface area contributed by atoms with Gasteiger partial charge in [-0.25, -0.2) is 14.7 Å². The van der Waals surface area contributed by atoms with Gasteiger partial charge in [0.2, 0.25) is 5.95 Å². The van der Waals surface area contributed by atoms with Gasteiger partial charge in [0.25, 0.3) is 0 Å². The molecule has 2 heterocycles. The molecule has 0 atom stereocenters. The third-order valence-electron chi connectivity index (χ3n) is 7.25. The number of halogens is 2. The normalized spacial score (nSPS) is 13.5. The van der Waals surface area contributed by atoms with Gasteiger partial charge in [-0.05, 0) is 56.3 Å². The fourth-order valence-electron chi connectivity index (χ4n) is 4.97. The number of hydrogen-bond acceptors (Lipinski definition) is 9. The van der Waals surface area contributed by atoms with Gasteiger partial charge in [0.05, 0.1) is 18.5 Å². The Labute approximate surface area is 254 Å². The number of carbonyl (C=O) groups excluding carboxylic acids is 1. The van der Waals surface area contributed by atoms with E-state index in [1.165, 1.54) is 30.5 Å². The molecule has 0 bridgehead atoms. The fourth-order valence-corrected chi connectivity index (χ4v) is 4.97. The minimum atomic E-state index is -3.11. The van der Waals surface area contributed by atoms with Gasteiger partial charge >= 0.3 is 12.7 Å². The third-order valence-corrected chi connectivity index (χ3v) is 7.25. The molecule has 1 amide bonds. The van der Waals surface area contributed by atoms with Crippen molar-refractivity contribution in [1.82, 2.24) is 14.9 Å². The highest BCUT2D eigenvalue weighted by Gasteiger charge is 2.27. The number of nitrogens with one attached hydrogen (secondary N) is 1. The number of piperazine rings is 1. The Bertz CT molecular complexity index is 1590. The molecule has 0 spiro atoms. The molecule has 1 saturated heterocycles. The highest BCUT2D eigenvalue weighted by Crippen LogP contribution is 2.37. The monoisotopic (exact) mass is 604 g/mol. The number of ether oxygens (including phenoxy) is 3. The van der Waals surface area contributed by atoms with E-state index in [2.05, 4.69) is 32.1 Å². The number of carbonyl (C=O) groups is 1. The number of alkyl halides is 2. The number of rotatable bonds is 9. The summed E-state index contributed by atoms with van der Waals surface area (Å²) in [5.74, 6) is 1.06. The number of likely N-dealkylation sites (N-methyl/N-ethyl adjacent to an activating group) is 1. The van der Waals surface area contributed by atoms with Crippen LogP contribution in [0.15, 0.2) is 72.9 Å². The molecule has 1 aliphatic heterocycles. The van der Waals surface area contributed by atoms with Gasteiger partial charge in [-0.2, -0.15) is 13.8 Å². The van der Waals surface area contributed by atoms with E-state index in [0.717, 1.165) is 47.9 Å². The zero-order valence-electron chi connectivity index (χ0n) is 25.0. The Morgan fingerprint density at radius 3 is 2.39 bits per heavy atom. The zero-order valence-corrected chi connectivity index (χ0v) is 25.0. The molecule has 230 valence electrons. The summed E-state index contributed by atoms with van der Waals surface area (Å²) in [5.41, 5.74) is 3.12. The molecule has 1 aromatic heterocycles. The quantitative estimate of drug-likeness (QED) is 0.229. The first-order chi connectivity index (χ1) is 21.2. The van der Waals surface area contributed by atoms with Crippen molar-refractivity contribution < 1.29 is 27.8 Å². The van der Waals surface area contributed by atoms with E-state index in [9.17, 15) is 13.6 Å². The van der Waals surface area contributed by atoms with Crippen molar-refractivity contribution in [3.8, 4) is 17.2 Å². The van der Waals surface area contributed by atoms with Gasteiger partial charge in [-0.3, -0.25) is 0 Å². The molecule has 1 N–H and O–H groups in total. The van der Waals surface area contributed by atoms with E-state index in [-0.39, 0.29) is 23.2 Å². The largest absolute Gasteiger partial charge is 0.495 e. The molecule has 10 nitrogen and oxygen atoms in total. The van der Waals surface area contributed by atoms with Crippen molar-refractivity contribution in [2.75, 3.05) is 55.5 Å². The van der Waals surface area contributed by atoms with Crippen LogP contribution in [0.5, 0.6) is 17.2 Å². The van der Waals surface area contributed by atoms with Gasteiger partial charge in [0.15, 0.2) is 0 Å². The van der Waals surface area contributed by atoms with Crippen molar-refractivity contribution in [2.24, 2.45) is 0 Å². The van der Waals surface area contributed by atoms with Crippen LogP contribution in [0, 0.1) is 13.8 Å². The molecule has 0 unspecified atom stereocenters. The molecule has 5 rings (SSSR count). The first kappa shape index (κ1) is 30.5. The standard InChI is InChI=1S/C32H34F2N6O4/c1-21-8-7-9-22(2)29(21)44-32(41)40(25-10-5-6-11-26(25)43-30(33)34)28-14-15-35-31(37-28)36-23-12-13-24(27(20-23)42-4)39-18-16-38(3)17-19-39/h5-15,20,30H,16-19H2,1-4H3,(H,35,36,37). The number of anilines is 5. The van der Waals surface area contributed by atoms with Crippen LogP contribution in [-0.4, -0.2) is 67.9 Å². The lowest BCUT2D eigenvalue weighted by atomic mass is 10.1. The average molecular weight is 605 g/mol. The minimum absolute atomic E-state index is 0.0203. The molecule has 0 radical (unpaired) electrons. The SMILES string of the molecule is COc1cc(Nc2nccc(N(C(=O)Oc3c(C)cccc3C)c3ccccc3OC(F)F)n2)ccc1N1CCN(C)CC1. The maximum absolute atomic E-state index is 13.8. The zero-order chi connectivity index (χ0) is 31.2. The van der Waals surface area contributed by atoms with E-state index in [1.54, 1.807) is 13.2 Å². The van der Waals surface area contributed by atoms with Crippen molar-refractivity contribution in [3.05, 3.63) is 84.1 Å². The Kier molecular flexibility index (Phi) is 9.39. The Balaban J connectivity index is 1.48. The molecule has 1 aliphatic rings. The number of nitrogens with zero attached hydrogens (tertiary/aromatic N) is 5. The maximum atomic E-state index is 13.8. The van der Waals surface area contributed by atoms with Crippen LogP contribution in [-0.2, 0) is 0 Å². The molecular weight excluding hydrogens is 570 g/mol. The smallest absolute Gasteiger partial charge is 0.425 e.